The molecular weight excluding hydrogens is 270 g/mol. The summed E-state index contributed by atoms with van der Waals surface area (Å²) < 4.78 is 0. The normalized spacial score (nSPS) is 26.0. The maximum absolute atomic E-state index is 9.08. The van der Waals surface area contributed by atoms with Gasteiger partial charge < -0.3 is 5.32 Å². The Hall–Kier alpha value is -1.37. The molecule has 2 unspecified atom stereocenters. The second-order valence-corrected chi connectivity index (χ2v) is 6.87. The average molecular weight is 297 g/mol. The van der Waals surface area contributed by atoms with E-state index < -0.39 is 0 Å². The zero-order valence-electron chi connectivity index (χ0n) is 13.4. The Balaban J connectivity index is 1.50. The fourth-order valence-electron chi connectivity index (χ4n) is 3.79. The van der Waals surface area contributed by atoms with Gasteiger partial charge in [0.15, 0.2) is 0 Å². The molecule has 0 amide bonds. The first-order chi connectivity index (χ1) is 10.8. The lowest BCUT2D eigenvalue weighted by molar-refractivity contribution is 0.325. The van der Waals surface area contributed by atoms with Crippen molar-refractivity contribution in [3.05, 3.63) is 35.4 Å². The van der Waals surface area contributed by atoms with E-state index in [4.69, 9.17) is 5.26 Å². The summed E-state index contributed by atoms with van der Waals surface area (Å²) in [6.07, 6.45) is 7.20. The Kier molecular flexibility index (Phi) is 5.48. The topological polar surface area (TPSA) is 39.1 Å². The zero-order chi connectivity index (χ0) is 15.2. The number of rotatable bonds is 5. The molecule has 3 nitrogen and oxygen atoms in total. The summed E-state index contributed by atoms with van der Waals surface area (Å²) in [7, 11) is 0. The Bertz CT molecular complexity index is 514. The van der Waals surface area contributed by atoms with Gasteiger partial charge in [0.25, 0.3) is 0 Å². The van der Waals surface area contributed by atoms with E-state index in [2.05, 4.69) is 40.6 Å². The van der Waals surface area contributed by atoms with Crippen LogP contribution in [-0.2, 0) is 13.1 Å². The number of hydrogen-bond donors (Lipinski definition) is 1. The molecule has 2 aliphatic rings. The Morgan fingerprint density at radius 3 is 2.77 bits per heavy atom. The van der Waals surface area contributed by atoms with Crippen LogP contribution in [0.15, 0.2) is 24.3 Å². The van der Waals surface area contributed by atoms with Crippen LogP contribution in [-0.4, -0.2) is 24.0 Å². The van der Waals surface area contributed by atoms with Gasteiger partial charge in [-0.05, 0) is 56.3 Å². The van der Waals surface area contributed by atoms with E-state index in [1.807, 2.05) is 0 Å². The molecule has 1 saturated carbocycles. The van der Waals surface area contributed by atoms with Crippen molar-refractivity contribution >= 4 is 0 Å². The molecule has 1 aromatic carbocycles. The van der Waals surface area contributed by atoms with E-state index >= 15 is 0 Å². The van der Waals surface area contributed by atoms with E-state index in [1.165, 1.54) is 49.9 Å². The Labute approximate surface area is 134 Å². The number of nitrogens with one attached hydrogen (secondary N) is 1. The van der Waals surface area contributed by atoms with Gasteiger partial charge in [-0.15, -0.1) is 0 Å². The maximum atomic E-state index is 9.08. The van der Waals surface area contributed by atoms with Crippen molar-refractivity contribution in [1.29, 1.82) is 5.26 Å². The van der Waals surface area contributed by atoms with Crippen LogP contribution in [0.25, 0.3) is 0 Å². The molecule has 22 heavy (non-hydrogen) atoms. The van der Waals surface area contributed by atoms with Crippen LogP contribution in [0.2, 0.25) is 0 Å². The first-order valence-electron chi connectivity index (χ1n) is 8.76. The van der Waals surface area contributed by atoms with Gasteiger partial charge in [-0.3, -0.25) is 4.90 Å². The monoisotopic (exact) mass is 297 g/mol. The van der Waals surface area contributed by atoms with E-state index in [0.717, 1.165) is 25.9 Å². The summed E-state index contributed by atoms with van der Waals surface area (Å²) in [4.78, 5) is 2.55. The van der Waals surface area contributed by atoms with Gasteiger partial charge in [0.1, 0.15) is 0 Å². The first kappa shape index (κ1) is 15.5. The molecule has 3 heteroatoms. The van der Waals surface area contributed by atoms with E-state index in [9.17, 15) is 0 Å². The second kappa shape index (κ2) is 7.76. The molecule has 0 radical (unpaired) electrons. The third-order valence-electron chi connectivity index (χ3n) is 5.05. The van der Waals surface area contributed by atoms with Crippen molar-refractivity contribution in [3.8, 4) is 6.07 Å². The highest BCUT2D eigenvalue weighted by atomic mass is 15.1. The molecule has 1 aliphatic heterocycles. The van der Waals surface area contributed by atoms with Gasteiger partial charge in [0.2, 0.25) is 0 Å². The van der Waals surface area contributed by atoms with Crippen LogP contribution in [0, 0.1) is 17.2 Å². The van der Waals surface area contributed by atoms with Gasteiger partial charge in [0.05, 0.1) is 6.07 Å². The predicted octanol–water partition coefficient (Wildman–Crippen LogP) is 3.45. The fraction of sp³-hybridized carbons (Fsp3) is 0.632. The van der Waals surface area contributed by atoms with Crippen LogP contribution in [0.5, 0.6) is 0 Å². The highest BCUT2D eigenvalue weighted by molar-refractivity contribution is 5.23. The predicted molar refractivity (Wildman–Crippen MR) is 89.2 cm³/mol. The zero-order valence-corrected chi connectivity index (χ0v) is 13.4. The Morgan fingerprint density at radius 1 is 1.14 bits per heavy atom. The molecular formula is C19H27N3. The third-order valence-corrected chi connectivity index (χ3v) is 5.05. The smallest absolute Gasteiger partial charge is 0.0656 e. The quantitative estimate of drug-likeness (QED) is 0.904. The lowest BCUT2D eigenvalue weighted by atomic mass is 9.86. The van der Waals surface area contributed by atoms with Gasteiger partial charge >= 0.3 is 0 Å². The van der Waals surface area contributed by atoms with Crippen LogP contribution in [0.4, 0.5) is 0 Å². The van der Waals surface area contributed by atoms with E-state index in [-0.39, 0.29) is 5.92 Å². The van der Waals surface area contributed by atoms with Gasteiger partial charge in [-0.2, -0.15) is 5.26 Å². The summed E-state index contributed by atoms with van der Waals surface area (Å²) in [5.74, 6) is 0.257. The molecule has 1 aromatic rings. The molecule has 118 valence electrons. The van der Waals surface area contributed by atoms with Crippen LogP contribution < -0.4 is 5.32 Å². The highest BCUT2D eigenvalue weighted by Crippen LogP contribution is 2.24. The minimum atomic E-state index is 0.257. The van der Waals surface area contributed by atoms with E-state index in [0.29, 0.717) is 6.04 Å². The first-order valence-corrected chi connectivity index (χ1v) is 8.76. The second-order valence-electron chi connectivity index (χ2n) is 6.87. The summed E-state index contributed by atoms with van der Waals surface area (Å²) in [5, 5.41) is 12.7. The molecule has 2 atom stereocenters. The lowest BCUT2D eigenvalue weighted by Crippen LogP contribution is -2.33. The summed E-state index contributed by atoms with van der Waals surface area (Å²) in [6.45, 7) is 4.52. The summed E-state index contributed by atoms with van der Waals surface area (Å²) in [5.41, 5.74) is 2.80. The molecule has 1 aliphatic carbocycles. The maximum Gasteiger partial charge on any atom is 0.0656 e. The summed E-state index contributed by atoms with van der Waals surface area (Å²) in [6, 6.07) is 11.9. The SMILES string of the molecule is N#CC1CCCC(NCc2cccc(CN3CCCC3)c2)C1. The molecule has 3 rings (SSSR count). The molecule has 1 N–H and O–H groups in total. The lowest BCUT2D eigenvalue weighted by Gasteiger charge is -2.26. The molecule has 1 heterocycles. The van der Waals surface area contributed by atoms with E-state index in [1.54, 1.807) is 0 Å². The number of nitriles is 1. The number of likely N-dealkylation sites (tertiary alicyclic amines) is 1. The van der Waals surface area contributed by atoms with Crippen LogP contribution in [0.1, 0.15) is 49.7 Å². The van der Waals surface area contributed by atoms with Crippen LogP contribution >= 0.6 is 0 Å². The van der Waals surface area contributed by atoms with Crippen LogP contribution in [0.3, 0.4) is 0 Å². The van der Waals surface area contributed by atoms with Crippen molar-refractivity contribution < 1.29 is 0 Å². The highest BCUT2D eigenvalue weighted by Gasteiger charge is 2.21. The molecule has 0 bridgehead atoms. The van der Waals surface area contributed by atoms with Gasteiger partial charge in [-0.1, -0.05) is 30.7 Å². The molecule has 1 saturated heterocycles. The van der Waals surface area contributed by atoms with Crippen molar-refractivity contribution in [2.24, 2.45) is 5.92 Å². The van der Waals surface area contributed by atoms with Crippen molar-refractivity contribution in [3.63, 3.8) is 0 Å². The number of nitrogens with zero attached hydrogens (tertiary/aromatic N) is 2. The van der Waals surface area contributed by atoms with Gasteiger partial charge in [0, 0.05) is 25.0 Å². The standard InChI is InChI=1S/C19H27N3/c20-13-16-5-4-8-19(12-16)21-14-17-6-3-7-18(11-17)15-22-9-1-2-10-22/h3,6-7,11,16,19,21H,1-2,4-5,8-10,12,14-15H2. The molecule has 2 fully saturated rings. The van der Waals surface area contributed by atoms with Crippen molar-refractivity contribution in [1.82, 2.24) is 10.2 Å². The third kappa shape index (κ3) is 4.32. The molecule has 0 aromatic heterocycles. The molecule has 0 spiro atoms. The summed E-state index contributed by atoms with van der Waals surface area (Å²) >= 11 is 0. The largest absolute Gasteiger partial charge is 0.310 e. The van der Waals surface area contributed by atoms with Crippen molar-refractivity contribution in [2.75, 3.05) is 13.1 Å². The van der Waals surface area contributed by atoms with Crippen molar-refractivity contribution in [2.45, 2.75) is 57.7 Å². The number of hydrogen-bond acceptors (Lipinski definition) is 3. The van der Waals surface area contributed by atoms with Gasteiger partial charge in [-0.25, -0.2) is 0 Å². The average Bonchev–Trinajstić information content (AvgIpc) is 3.06. The minimum absolute atomic E-state index is 0.257. The minimum Gasteiger partial charge on any atom is -0.310 e. The fourth-order valence-corrected chi connectivity index (χ4v) is 3.79. The Morgan fingerprint density at radius 2 is 1.95 bits per heavy atom. The number of benzene rings is 1.